The van der Waals surface area contributed by atoms with Crippen LogP contribution < -0.4 is 4.72 Å². The summed E-state index contributed by atoms with van der Waals surface area (Å²) in [6.07, 6.45) is 0. The molecule has 3 N–H and O–H groups in total. The second-order valence-electron chi connectivity index (χ2n) is 4.26. The number of aliphatic hydroxyl groups is 1. The zero-order valence-electron chi connectivity index (χ0n) is 10.8. The minimum atomic E-state index is -3.75. The van der Waals surface area contributed by atoms with E-state index in [0.29, 0.717) is 11.1 Å². The fourth-order valence-corrected chi connectivity index (χ4v) is 3.87. The highest BCUT2D eigenvalue weighted by atomic mass is 32.2. The number of hydrogen-bond acceptors (Lipinski definition) is 5. The van der Waals surface area contributed by atoms with Gasteiger partial charge in [-0.3, -0.25) is 0 Å². The first kappa shape index (κ1) is 15.6. The van der Waals surface area contributed by atoms with Crippen molar-refractivity contribution in [3.63, 3.8) is 0 Å². The summed E-state index contributed by atoms with van der Waals surface area (Å²) in [4.78, 5) is 10.8. The monoisotopic (exact) mass is 327 g/mol. The maximum Gasteiger partial charge on any atom is 0.336 e. The Morgan fingerprint density at radius 1 is 1.24 bits per heavy atom. The third-order valence-electron chi connectivity index (χ3n) is 2.73. The second kappa shape index (κ2) is 6.35. The summed E-state index contributed by atoms with van der Waals surface area (Å²) in [5.41, 5.74) is 1.35. The lowest BCUT2D eigenvalue weighted by Crippen LogP contribution is -2.22. The summed E-state index contributed by atoms with van der Waals surface area (Å²) in [7, 11) is -3.75. The number of rotatable bonds is 6. The van der Waals surface area contributed by atoms with E-state index in [4.69, 9.17) is 10.2 Å². The highest BCUT2D eigenvalue weighted by Gasteiger charge is 2.18. The molecule has 0 saturated carbocycles. The Morgan fingerprint density at radius 2 is 1.95 bits per heavy atom. The van der Waals surface area contributed by atoms with Gasteiger partial charge in [0.2, 0.25) is 10.0 Å². The van der Waals surface area contributed by atoms with Crippen LogP contribution in [0.3, 0.4) is 0 Å². The fraction of sp³-hybridized carbons (Fsp3) is 0.154. The minimum absolute atomic E-state index is 0.0433. The van der Waals surface area contributed by atoms with Crippen molar-refractivity contribution < 1.29 is 23.4 Å². The van der Waals surface area contributed by atoms with Gasteiger partial charge < -0.3 is 10.2 Å². The molecule has 0 aliphatic carbocycles. The molecule has 8 heteroatoms. The van der Waals surface area contributed by atoms with Gasteiger partial charge >= 0.3 is 5.97 Å². The van der Waals surface area contributed by atoms with Gasteiger partial charge in [0.15, 0.2) is 0 Å². The van der Waals surface area contributed by atoms with Crippen molar-refractivity contribution in [2.45, 2.75) is 17.4 Å². The lowest BCUT2D eigenvalue weighted by Gasteiger charge is -2.06. The molecule has 0 saturated heterocycles. The largest absolute Gasteiger partial charge is 0.478 e. The van der Waals surface area contributed by atoms with E-state index in [1.165, 1.54) is 5.38 Å². The molecule has 2 aromatic rings. The minimum Gasteiger partial charge on any atom is -0.478 e. The number of nitrogens with one attached hydrogen (secondary N) is 1. The lowest BCUT2D eigenvalue weighted by atomic mass is 10.1. The Balaban J connectivity index is 2.11. The van der Waals surface area contributed by atoms with Crippen LogP contribution in [0.25, 0.3) is 0 Å². The van der Waals surface area contributed by atoms with E-state index in [1.807, 2.05) is 0 Å². The summed E-state index contributed by atoms with van der Waals surface area (Å²) in [5.74, 6) is -1.16. The predicted molar refractivity (Wildman–Crippen MR) is 77.7 cm³/mol. The number of thiophene rings is 1. The molecule has 112 valence electrons. The van der Waals surface area contributed by atoms with Crippen LogP contribution in [0.15, 0.2) is 39.9 Å². The van der Waals surface area contributed by atoms with E-state index in [1.54, 1.807) is 24.3 Å². The first-order valence-electron chi connectivity index (χ1n) is 5.92. The van der Waals surface area contributed by atoms with Crippen molar-refractivity contribution in [3.8, 4) is 0 Å². The molecule has 0 atom stereocenters. The first-order chi connectivity index (χ1) is 9.92. The van der Waals surface area contributed by atoms with E-state index in [-0.39, 0.29) is 22.9 Å². The van der Waals surface area contributed by atoms with Crippen LogP contribution in [0.2, 0.25) is 0 Å². The van der Waals surface area contributed by atoms with Crippen LogP contribution >= 0.6 is 11.3 Å². The summed E-state index contributed by atoms with van der Waals surface area (Å²) in [5, 5.41) is 19.1. The Labute approximate surface area is 125 Å². The van der Waals surface area contributed by atoms with Gasteiger partial charge in [-0.1, -0.05) is 24.3 Å². The number of carboxylic acids is 1. The molecule has 0 aliphatic heterocycles. The van der Waals surface area contributed by atoms with Crippen molar-refractivity contribution in [2.75, 3.05) is 0 Å². The van der Waals surface area contributed by atoms with Gasteiger partial charge in [0.05, 0.1) is 12.2 Å². The molecule has 0 bridgehead atoms. The summed E-state index contributed by atoms with van der Waals surface area (Å²) < 4.78 is 26.5. The fourth-order valence-electron chi connectivity index (χ4n) is 1.66. The smallest absolute Gasteiger partial charge is 0.336 e. The molecule has 2 rings (SSSR count). The maximum absolute atomic E-state index is 12.1. The third kappa shape index (κ3) is 3.88. The average molecular weight is 327 g/mol. The number of sulfonamides is 1. The molecule has 0 spiro atoms. The highest BCUT2D eigenvalue weighted by Crippen LogP contribution is 2.20. The number of aliphatic hydroxyl groups excluding tert-OH is 1. The van der Waals surface area contributed by atoms with E-state index in [0.717, 1.165) is 17.4 Å². The van der Waals surface area contributed by atoms with Crippen LogP contribution in [0.1, 0.15) is 21.5 Å². The number of carbonyl (C=O) groups is 1. The first-order valence-corrected chi connectivity index (χ1v) is 8.29. The Bertz CT molecular complexity index is 751. The van der Waals surface area contributed by atoms with Crippen LogP contribution in [-0.4, -0.2) is 24.6 Å². The molecule has 0 amide bonds. The number of benzene rings is 1. The molecule has 21 heavy (non-hydrogen) atoms. The molecule has 1 aromatic heterocycles. The van der Waals surface area contributed by atoms with Crippen molar-refractivity contribution in [1.29, 1.82) is 0 Å². The zero-order chi connectivity index (χ0) is 15.5. The van der Waals surface area contributed by atoms with Gasteiger partial charge in [-0.2, -0.15) is 0 Å². The molecule has 0 aliphatic rings. The summed E-state index contributed by atoms with van der Waals surface area (Å²) in [6, 6.07) is 8.01. The van der Waals surface area contributed by atoms with Crippen molar-refractivity contribution in [1.82, 2.24) is 4.72 Å². The Hall–Kier alpha value is -1.74. The highest BCUT2D eigenvalue weighted by molar-refractivity contribution is 7.91. The Morgan fingerprint density at radius 3 is 2.57 bits per heavy atom. The van der Waals surface area contributed by atoms with E-state index >= 15 is 0 Å². The van der Waals surface area contributed by atoms with Crippen LogP contribution in [0.4, 0.5) is 0 Å². The quantitative estimate of drug-likeness (QED) is 0.744. The number of hydrogen-bond donors (Lipinski definition) is 3. The van der Waals surface area contributed by atoms with E-state index in [9.17, 15) is 13.2 Å². The van der Waals surface area contributed by atoms with Gasteiger partial charge in [0.25, 0.3) is 0 Å². The molecule has 6 nitrogen and oxygen atoms in total. The molecule has 1 heterocycles. The van der Waals surface area contributed by atoms with Gasteiger partial charge in [-0.05, 0) is 17.2 Å². The second-order valence-corrected chi connectivity index (χ2v) is 7.17. The van der Waals surface area contributed by atoms with Gasteiger partial charge in [-0.15, -0.1) is 11.3 Å². The molecular weight excluding hydrogens is 314 g/mol. The topological polar surface area (TPSA) is 104 Å². The lowest BCUT2D eigenvalue weighted by molar-refractivity contribution is 0.0697. The van der Waals surface area contributed by atoms with Crippen molar-refractivity contribution >= 4 is 27.3 Å². The van der Waals surface area contributed by atoms with Crippen LogP contribution in [-0.2, 0) is 23.2 Å². The van der Waals surface area contributed by atoms with Gasteiger partial charge in [0, 0.05) is 11.9 Å². The van der Waals surface area contributed by atoms with E-state index in [2.05, 4.69) is 4.72 Å². The predicted octanol–water partition coefficient (Wildman–Crippen LogP) is 1.42. The van der Waals surface area contributed by atoms with Crippen molar-refractivity contribution in [3.05, 3.63) is 52.4 Å². The Kier molecular flexibility index (Phi) is 4.73. The standard InChI is InChI=1S/C13H13NO5S2/c15-7-10-3-1-2-9(4-10)6-14-21(18,19)12-5-11(8-20-12)13(16)17/h1-5,8,14-15H,6-7H2,(H,16,17). The molecule has 0 radical (unpaired) electrons. The third-order valence-corrected chi connectivity index (χ3v) is 5.57. The summed E-state index contributed by atoms with van der Waals surface area (Å²) >= 11 is 0.856. The number of carboxylic acid groups (broad SMARTS) is 1. The molecule has 0 fully saturated rings. The molecule has 0 unspecified atom stereocenters. The average Bonchev–Trinajstić information content (AvgIpc) is 2.96. The normalized spacial score (nSPS) is 11.5. The van der Waals surface area contributed by atoms with Crippen molar-refractivity contribution in [2.24, 2.45) is 0 Å². The maximum atomic E-state index is 12.1. The molecular formula is C13H13NO5S2. The zero-order valence-corrected chi connectivity index (χ0v) is 12.4. The van der Waals surface area contributed by atoms with Crippen LogP contribution in [0, 0.1) is 0 Å². The summed E-state index contributed by atoms with van der Waals surface area (Å²) in [6.45, 7) is -0.0516. The number of aromatic carboxylic acids is 1. The van der Waals surface area contributed by atoms with Crippen LogP contribution in [0.5, 0.6) is 0 Å². The SMILES string of the molecule is O=C(O)c1csc(S(=O)(=O)NCc2cccc(CO)c2)c1. The van der Waals surface area contributed by atoms with Gasteiger partial charge in [-0.25, -0.2) is 17.9 Å². The van der Waals surface area contributed by atoms with E-state index < -0.39 is 16.0 Å². The van der Waals surface area contributed by atoms with Gasteiger partial charge in [0.1, 0.15) is 4.21 Å². The molecule has 1 aromatic carbocycles.